The van der Waals surface area contributed by atoms with E-state index < -0.39 is 0 Å². The van der Waals surface area contributed by atoms with Gasteiger partial charge in [-0.05, 0) is 6.07 Å². The van der Waals surface area contributed by atoms with Crippen LogP contribution in [0.4, 0.5) is 0 Å². The summed E-state index contributed by atoms with van der Waals surface area (Å²) in [5, 5.41) is 3.87. The first kappa shape index (κ1) is 8.10. The summed E-state index contributed by atoms with van der Waals surface area (Å²) >= 11 is 0. The number of fused-ring (bicyclic) bond motifs is 1. The molecule has 1 heterocycles. The summed E-state index contributed by atoms with van der Waals surface area (Å²) in [5.41, 5.74) is 2.10. The molecule has 3 heteroatoms. The van der Waals surface area contributed by atoms with Crippen molar-refractivity contribution in [1.82, 2.24) is 0 Å². The average Bonchev–Trinajstić information content (AvgIpc) is 2.18. The lowest BCUT2D eigenvalue weighted by Gasteiger charge is -2.17. The minimum absolute atomic E-state index is 0.533. The minimum atomic E-state index is 0.533. The van der Waals surface area contributed by atoms with Gasteiger partial charge in [0.05, 0.1) is 5.71 Å². The zero-order valence-corrected chi connectivity index (χ0v) is 7.49. The number of oxime groups is 1. The first-order valence-corrected chi connectivity index (χ1v) is 4.20. The van der Waals surface area contributed by atoms with Gasteiger partial charge in [-0.3, -0.25) is 0 Å². The van der Waals surface area contributed by atoms with E-state index in [0.29, 0.717) is 6.61 Å². The molecule has 0 saturated heterocycles. The number of rotatable bonds is 1. The smallest absolute Gasteiger partial charge is 0.130 e. The lowest BCUT2D eigenvalue weighted by Crippen LogP contribution is -2.20. The molecule has 0 aliphatic carbocycles. The molecular weight excluding hydrogens is 166 g/mol. The summed E-state index contributed by atoms with van der Waals surface area (Å²) in [7, 11) is 1.55. The van der Waals surface area contributed by atoms with Crippen molar-refractivity contribution in [1.29, 1.82) is 0 Å². The molecule has 2 rings (SSSR count). The molecule has 0 fully saturated rings. The van der Waals surface area contributed by atoms with E-state index in [4.69, 9.17) is 9.57 Å². The highest BCUT2D eigenvalue weighted by atomic mass is 16.6. The Balaban J connectivity index is 2.24. The molecule has 1 aromatic rings. The predicted octanol–water partition coefficient (Wildman–Crippen LogP) is 1.62. The largest absolute Gasteiger partial charge is 0.487 e. The highest BCUT2D eigenvalue weighted by Crippen LogP contribution is 2.22. The van der Waals surface area contributed by atoms with Crippen molar-refractivity contribution >= 4 is 5.71 Å². The third-order valence-electron chi connectivity index (χ3n) is 1.98. The third-order valence-corrected chi connectivity index (χ3v) is 1.98. The van der Waals surface area contributed by atoms with Gasteiger partial charge in [0, 0.05) is 12.0 Å². The van der Waals surface area contributed by atoms with E-state index in [2.05, 4.69) is 5.16 Å². The van der Waals surface area contributed by atoms with Crippen LogP contribution in [-0.2, 0) is 11.3 Å². The van der Waals surface area contributed by atoms with Crippen molar-refractivity contribution in [3.05, 3.63) is 29.8 Å². The van der Waals surface area contributed by atoms with Crippen LogP contribution in [0.5, 0.6) is 5.75 Å². The second-order valence-corrected chi connectivity index (χ2v) is 2.91. The number of benzene rings is 1. The van der Waals surface area contributed by atoms with Crippen LogP contribution >= 0.6 is 0 Å². The van der Waals surface area contributed by atoms with Crippen LogP contribution in [0, 0.1) is 0 Å². The standard InChI is InChI=1S/C10H11NO2/c1-12-11-9-6-8-4-2-3-5-10(8)13-7-9/h2-5H,6-7H2,1H3/b11-9+. The normalized spacial score (nSPS) is 17.8. The number of para-hydroxylation sites is 1. The highest BCUT2D eigenvalue weighted by Gasteiger charge is 2.14. The summed E-state index contributed by atoms with van der Waals surface area (Å²) in [6, 6.07) is 7.98. The molecular formula is C10H11NO2. The summed E-state index contributed by atoms with van der Waals surface area (Å²) in [4.78, 5) is 4.70. The van der Waals surface area contributed by atoms with Crippen molar-refractivity contribution < 1.29 is 9.57 Å². The molecule has 3 nitrogen and oxygen atoms in total. The summed E-state index contributed by atoms with van der Waals surface area (Å²) in [5.74, 6) is 0.956. The fraction of sp³-hybridized carbons (Fsp3) is 0.300. The van der Waals surface area contributed by atoms with E-state index in [1.165, 1.54) is 5.56 Å². The molecule has 13 heavy (non-hydrogen) atoms. The maximum absolute atomic E-state index is 5.48. The summed E-state index contributed by atoms with van der Waals surface area (Å²) < 4.78 is 5.48. The Kier molecular flexibility index (Phi) is 2.17. The van der Waals surface area contributed by atoms with E-state index in [1.54, 1.807) is 7.11 Å². The maximum Gasteiger partial charge on any atom is 0.130 e. The zero-order valence-electron chi connectivity index (χ0n) is 7.49. The Morgan fingerprint density at radius 1 is 1.38 bits per heavy atom. The van der Waals surface area contributed by atoms with E-state index in [-0.39, 0.29) is 0 Å². The Hall–Kier alpha value is -1.51. The number of hydrogen-bond donors (Lipinski definition) is 0. The van der Waals surface area contributed by atoms with Gasteiger partial charge in [0.1, 0.15) is 19.5 Å². The van der Waals surface area contributed by atoms with Gasteiger partial charge in [-0.2, -0.15) is 0 Å². The first-order valence-electron chi connectivity index (χ1n) is 4.20. The van der Waals surface area contributed by atoms with Crippen LogP contribution in [0.3, 0.4) is 0 Å². The molecule has 0 unspecified atom stereocenters. The predicted molar refractivity (Wildman–Crippen MR) is 50.1 cm³/mol. The minimum Gasteiger partial charge on any atom is -0.487 e. The van der Waals surface area contributed by atoms with Crippen LogP contribution in [0.1, 0.15) is 5.56 Å². The zero-order chi connectivity index (χ0) is 9.10. The Bertz CT molecular complexity index is 333. The van der Waals surface area contributed by atoms with Crippen LogP contribution in [0.2, 0.25) is 0 Å². The molecule has 0 amide bonds. The SMILES string of the molecule is CO/N=C1/COc2ccccc2C1. The Morgan fingerprint density at radius 3 is 3.08 bits per heavy atom. The maximum atomic E-state index is 5.48. The lowest BCUT2D eigenvalue weighted by molar-refractivity contribution is 0.208. The van der Waals surface area contributed by atoms with E-state index in [0.717, 1.165) is 17.9 Å². The summed E-state index contributed by atoms with van der Waals surface area (Å²) in [6.07, 6.45) is 0.823. The van der Waals surface area contributed by atoms with Gasteiger partial charge < -0.3 is 9.57 Å². The molecule has 0 saturated carbocycles. The summed E-state index contributed by atoms with van der Waals surface area (Å²) in [6.45, 7) is 0.533. The van der Waals surface area contributed by atoms with E-state index >= 15 is 0 Å². The molecule has 0 bridgehead atoms. The molecule has 1 aliphatic heterocycles. The van der Waals surface area contributed by atoms with Crippen molar-refractivity contribution in [2.24, 2.45) is 5.16 Å². The Morgan fingerprint density at radius 2 is 2.23 bits per heavy atom. The van der Waals surface area contributed by atoms with Crippen molar-refractivity contribution in [3.63, 3.8) is 0 Å². The van der Waals surface area contributed by atoms with Crippen molar-refractivity contribution in [3.8, 4) is 5.75 Å². The average molecular weight is 177 g/mol. The number of hydrogen-bond acceptors (Lipinski definition) is 3. The third kappa shape index (κ3) is 1.64. The molecule has 1 aliphatic rings. The fourth-order valence-electron chi connectivity index (χ4n) is 1.41. The molecule has 0 spiro atoms. The molecule has 0 aromatic heterocycles. The van der Waals surface area contributed by atoms with Crippen LogP contribution in [0.15, 0.2) is 29.4 Å². The quantitative estimate of drug-likeness (QED) is 0.610. The van der Waals surface area contributed by atoms with E-state index in [1.807, 2.05) is 24.3 Å². The van der Waals surface area contributed by atoms with Gasteiger partial charge in [-0.1, -0.05) is 23.4 Å². The number of nitrogens with zero attached hydrogens (tertiary/aromatic N) is 1. The lowest BCUT2D eigenvalue weighted by atomic mass is 10.1. The van der Waals surface area contributed by atoms with Crippen LogP contribution in [0.25, 0.3) is 0 Å². The van der Waals surface area contributed by atoms with Gasteiger partial charge in [0.2, 0.25) is 0 Å². The van der Waals surface area contributed by atoms with Crippen LogP contribution < -0.4 is 4.74 Å². The fourth-order valence-corrected chi connectivity index (χ4v) is 1.41. The van der Waals surface area contributed by atoms with Crippen molar-refractivity contribution in [2.75, 3.05) is 13.7 Å². The monoisotopic (exact) mass is 177 g/mol. The van der Waals surface area contributed by atoms with Crippen LogP contribution in [-0.4, -0.2) is 19.4 Å². The number of ether oxygens (including phenoxy) is 1. The van der Waals surface area contributed by atoms with Gasteiger partial charge in [0.15, 0.2) is 0 Å². The van der Waals surface area contributed by atoms with Gasteiger partial charge >= 0.3 is 0 Å². The van der Waals surface area contributed by atoms with Crippen molar-refractivity contribution in [2.45, 2.75) is 6.42 Å². The molecule has 1 aromatic carbocycles. The Labute approximate surface area is 77.0 Å². The van der Waals surface area contributed by atoms with Gasteiger partial charge in [0.25, 0.3) is 0 Å². The molecule has 0 radical (unpaired) electrons. The van der Waals surface area contributed by atoms with Gasteiger partial charge in [-0.15, -0.1) is 0 Å². The van der Waals surface area contributed by atoms with E-state index in [9.17, 15) is 0 Å². The highest BCUT2D eigenvalue weighted by molar-refractivity contribution is 5.89. The molecule has 0 atom stereocenters. The second kappa shape index (κ2) is 3.47. The first-order chi connectivity index (χ1) is 6.40. The molecule has 68 valence electrons. The second-order valence-electron chi connectivity index (χ2n) is 2.91. The molecule has 0 N–H and O–H groups in total. The topological polar surface area (TPSA) is 30.8 Å². The van der Waals surface area contributed by atoms with Gasteiger partial charge in [-0.25, -0.2) is 0 Å².